The Kier molecular flexibility index (Phi) is 7.69. The molecular formula is C21H31BN2O5. The molecule has 0 amide bonds. The lowest BCUT2D eigenvalue weighted by Gasteiger charge is -2.28. The van der Waals surface area contributed by atoms with E-state index in [2.05, 4.69) is 5.32 Å². The zero-order valence-electron chi connectivity index (χ0n) is 16.8. The second kappa shape index (κ2) is 10.2. The first-order valence-corrected chi connectivity index (χ1v) is 10.6. The van der Waals surface area contributed by atoms with Gasteiger partial charge in [0.05, 0.1) is 5.56 Å². The lowest BCUT2D eigenvalue weighted by atomic mass is 9.64. The minimum absolute atomic E-state index is 0.0441. The molecule has 3 rings (SSSR count). The van der Waals surface area contributed by atoms with Crippen molar-refractivity contribution in [2.24, 2.45) is 11.7 Å². The number of carbonyl (C=O) groups is 2. The highest BCUT2D eigenvalue weighted by Gasteiger charge is 2.38. The molecule has 0 bridgehead atoms. The third kappa shape index (κ3) is 5.81. The van der Waals surface area contributed by atoms with Crippen molar-refractivity contribution in [3.63, 3.8) is 0 Å². The number of carbonyl (C=O) groups excluding carboxylic acids is 1. The minimum Gasteiger partial charge on any atom is -0.535 e. The molecule has 0 spiro atoms. The van der Waals surface area contributed by atoms with Crippen molar-refractivity contribution in [2.75, 3.05) is 13.1 Å². The van der Waals surface area contributed by atoms with Gasteiger partial charge in [0, 0.05) is 37.8 Å². The summed E-state index contributed by atoms with van der Waals surface area (Å²) in [6.45, 7) is 1.47. The minimum atomic E-state index is -1.16. The first-order chi connectivity index (χ1) is 14.0. The molecule has 1 aliphatic carbocycles. The number of nitrogens with two attached hydrogens (primary N) is 1. The zero-order valence-corrected chi connectivity index (χ0v) is 16.8. The number of fused-ring (bicyclic) bond motifs is 1. The molecule has 1 saturated carbocycles. The van der Waals surface area contributed by atoms with Gasteiger partial charge < -0.3 is 25.8 Å². The summed E-state index contributed by atoms with van der Waals surface area (Å²) in [6, 6.07) is 5.42. The number of para-hydroxylation sites is 1. The maximum absolute atomic E-state index is 12.7. The molecule has 8 heteroatoms. The molecule has 2 aliphatic rings. The molecule has 1 aromatic rings. The second-order valence-corrected chi connectivity index (χ2v) is 8.33. The molecule has 0 aromatic heterocycles. The van der Waals surface area contributed by atoms with Crippen molar-refractivity contribution < 1.29 is 24.4 Å². The van der Waals surface area contributed by atoms with Gasteiger partial charge in [-0.15, -0.1) is 0 Å². The van der Waals surface area contributed by atoms with Crippen molar-refractivity contribution in [2.45, 2.75) is 63.2 Å². The molecular weight excluding hydrogens is 371 g/mol. The second-order valence-electron chi connectivity index (χ2n) is 8.33. The Morgan fingerprint density at radius 2 is 2.03 bits per heavy atom. The Balaban J connectivity index is 1.53. The van der Waals surface area contributed by atoms with Crippen LogP contribution in [0.25, 0.3) is 0 Å². The van der Waals surface area contributed by atoms with E-state index in [1.807, 2.05) is 0 Å². The maximum Gasteiger partial charge on any atom is 0.526 e. The molecule has 7 nitrogen and oxygen atoms in total. The molecule has 0 saturated heterocycles. The van der Waals surface area contributed by atoms with Gasteiger partial charge in [0.1, 0.15) is 11.5 Å². The van der Waals surface area contributed by atoms with Crippen LogP contribution in [0.2, 0.25) is 5.82 Å². The topological polar surface area (TPSA) is 122 Å². The van der Waals surface area contributed by atoms with E-state index in [1.54, 1.807) is 12.1 Å². The maximum atomic E-state index is 12.7. The number of benzene rings is 1. The van der Waals surface area contributed by atoms with Gasteiger partial charge in [0.15, 0.2) is 0 Å². The SMILES string of the molecule is NCCNC1CCCC(CC(=O)C[C@H]2Cc3cccc(C(=O)O)c3OB2O)CC1. The molecule has 29 heavy (non-hydrogen) atoms. The largest absolute Gasteiger partial charge is 0.535 e. The van der Waals surface area contributed by atoms with Gasteiger partial charge in [0.25, 0.3) is 0 Å². The predicted octanol–water partition coefficient (Wildman–Crippen LogP) is 2.02. The first kappa shape index (κ1) is 21.8. The number of ketones is 1. The third-order valence-electron chi connectivity index (χ3n) is 6.12. The van der Waals surface area contributed by atoms with E-state index in [-0.39, 0.29) is 29.3 Å². The molecule has 158 valence electrons. The van der Waals surface area contributed by atoms with Gasteiger partial charge in [-0.2, -0.15) is 0 Å². The van der Waals surface area contributed by atoms with Gasteiger partial charge in [-0.05, 0) is 49.7 Å². The number of Topliss-reactive ketones (excluding diaryl/α,β-unsaturated/α-hetero) is 1. The van der Waals surface area contributed by atoms with Gasteiger partial charge in [-0.3, -0.25) is 4.79 Å². The Morgan fingerprint density at radius 3 is 2.79 bits per heavy atom. The van der Waals surface area contributed by atoms with E-state index in [0.29, 0.717) is 31.3 Å². The van der Waals surface area contributed by atoms with Crippen molar-refractivity contribution >= 4 is 18.9 Å². The van der Waals surface area contributed by atoms with E-state index in [9.17, 15) is 19.7 Å². The monoisotopic (exact) mass is 402 g/mol. The van der Waals surface area contributed by atoms with Crippen molar-refractivity contribution in [3.05, 3.63) is 29.3 Å². The molecule has 3 atom stereocenters. The fraction of sp³-hybridized carbons (Fsp3) is 0.619. The van der Waals surface area contributed by atoms with E-state index < -0.39 is 13.1 Å². The number of nitrogens with one attached hydrogen (secondary N) is 1. The summed E-state index contributed by atoms with van der Waals surface area (Å²) in [7, 11) is -1.16. The Morgan fingerprint density at radius 1 is 1.21 bits per heavy atom. The third-order valence-corrected chi connectivity index (χ3v) is 6.12. The normalized spacial score (nSPS) is 24.3. The smallest absolute Gasteiger partial charge is 0.526 e. The Hall–Kier alpha value is -1.90. The fourth-order valence-corrected chi connectivity index (χ4v) is 4.60. The van der Waals surface area contributed by atoms with Crippen LogP contribution >= 0.6 is 0 Å². The summed E-state index contributed by atoms with van der Waals surface area (Å²) in [4.78, 5) is 24.0. The molecule has 2 unspecified atom stereocenters. The zero-order chi connectivity index (χ0) is 20.8. The van der Waals surface area contributed by atoms with E-state index in [0.717, 1.165) is 44.2 Å². The van der Waals surface area contributed by atoms with Gasteiger partial charge in [-0.25, -0.2) is 4.79 Å². The standard InChI is InChI=1S/C21H31BN2O5/c23-9-10-24-17-5-1-3-14(7-8-17)11-18(25)13-16-12-15-4-2-6-19(21(26)27)20(15)29-22(16)28/h2,4,6,14,16-17,24,28H,1,3,5,7-13,23H2,(H,26,27)/t14?,16-,17?/m1/s1. The van der Waals surface area contributed by atoms with Crippen LogP contribution in [-0.4, -0.2) is 48.1 Å². The van der Waals surface area contributed by atoms with Crippen molar-refractivity contribution in [1.29, 1.82) is 0 Å². The number of carboxylic acids is 1. The first-order valence-electron chi connectivity index (χ1n) is 10.6. The predicted molar refractivity (Wildman–Crippen MR) is 111 cm³/mol. The summed E-state index contributed by atoms with van der Waals surface area (Å²) < 4.78 is 5.50. The average molecular weight is 402 g/mol. The summed E-state index contributed by atoms with van der Waals surface area (Å²) in [6.07, 6.45) is 6.63. The van der Waals surface area contributed by atoms with E-state index in [1.165, 1.54) is 6.07 Å². The molecule has 1 aromatic carbocycles. The van der Waals surface area contributed by atoms with Crippen LogP contribution in [-0.2, 0) is 11.2 Å². The fourth-order valence-electron chi connectivity index (χ4n) is 4.60. The van der Waals surface area contributed by atoms with Crippen LogP contribution in [0.3, 0.4) is 0 Å². The van der Waals surface area contributed by atoms with Gasteiger partial charge in [0.2, 0.25) is 0 Å². The van der Waals surface area contributed by atoms with Crippen molar-refractivity contribution in [3.8, 4) is 5.75 Å². The van der Waals surface area contributed by atoms with Crippen LogP contribution < -0.4 is 15.7 Å². The number of hydrogen-bond acceptors (Lipinski definition) is 6. The highest BCUT2D eigenvalue weighted by atomic mass is 16.5. The summed E-state index contributed by atoms with van der Waals surface area (Å²) >= 11 is 0. The van der Waals surface area contributed by atoms with E-state index >= 15 is 0 Å². The Bertz CT molecular complexity index is 729. The van der Waals surface area contributed by atoms with Crippen molar-refractivity contribution in [1.82, 2.24) is 5.32 Å². The molecule has 1 aliphatic heterocycles. The van der Waals surface area contributed by atoms with Gasteiger partial charge in [-0.1, -0.05) is 18.6 Å². The highest BCUT2D eigenvalue weighted by Crippen LogP contribution is 2.37. The lowest BCUT2D eigenvalue weighted by molar-refractivity contribution is -0.120. The number of aromatic carboxylic acids is 1. The number of hydrogen-bond donors (Lipinski definition) is 4. The van der Waals surface area contributed by atoms with Crippen LogP contribution in [0.15, 0.2) is 18.2 Å². The molecule has 5 N–H and O–H groups in total. The molecule has 1 fully saturated rings. The Labute approximate surface area is 172 Å². The number of rotatable bonds is 8. The molecule has 0 radical (unpaired) electrons. The average Bonchev–Trinajstić information content (AvgIpc) is 2.91. The van der Waals surface area contributed by atoms with Crippen LogP contribution in [0.5, 0.6) is 5.75 Å². The summed E-state index contributed by atoms with van der Waals surface area (Å²) in [5, 5.41) is 23.1. The van der Waals surface area contributed by atoms with Gasteiger partial charge >= 0.3 is 13.1 Å². The lowest BCUT2D eigenvalue weighted by Crippen LogP contribution is -2.36. The van der Waals surface area contributed by atoms with Crippen LogP contribution in [0, 0.1) is 5.92 Å². The van der Waals surface area contributed by atoms with Crippen LogP contribution in [0.4, 0.5) is 0 Å². The molecule has 1 heterocycles. The quantitative estimate of drug-likeness (QED) is 0.388. The highest BCUT2D eigenvalue weighted by molar-refractivity contribution is 6.47. The number of carboxylic acid groups (broad SMARTS) is 1. The summed E-state index contributed by atoms with van der Waals surface area (Å²) in [5.41, 5.74) is 6.34. The van der Waals surface area contributed by atoms with E-state index in [4.69, 9.17) is 10.4 Å². The van der Waals surface area contributed by atoms with Crippen LogP contribution in [0.1, 0.15) is 60.9 Å². The summed E-state index contributed by atoms with van der Waals surface area (Å²) in [5.74, 6) is -0.676.